The Morgan fingerprint density at radius 1 is 1.15 bits per heavy atom. The Labute approximate surface area is 124 Å². The normalized spacial score (nSPS) is 11.4. The number of hydrogen-bond acceptors (Lipinski definition) is 6. The SMILES string of the molecule is Cc1cc(Nc2nc(Cl)nc(Cl)n2)ccc1S(=O)(=O)O. The minimum Gasteiger partial charge on any atom is -0.324 e. The lowest BCUT2D eigenvalue weighted by Crippen LogP contribution is -2.03. The predicted molar refractivity (Wildman–Crippen MR) is 74.1 cm³/mol. The van der Waals surface area contributed by atoms with E-state index in [1.165, 1.54) is 18.2 Å². The number of aryl methyl sites for hydroxylation is 1. The van der Waals surface area contributed by atoms with Crippen LogP contribution >= 0.6 is 23.2 Å². The van der Waals surface area contributed by atoms with Gasteiger partial charge in [0.25, 0.3) is 10.1 Å². The highest BCUT2D eigenvalue weighted by Gasteiger charge is 2.13. The second kappa shape index (κ2) is 5.49. The van der Waals surface area contributed by atoms with Crippen LogP contribution in [0.1, 0.15) is 5.56 Å². The van der Waals surface area contributed by atoms with Crippen LogP contribution in [0.25, 0.3) is 0 Å². The maximum Gasteiger partial charge on any atom is 0.294 e. The lowest BCUT2D eigenvalue weighted by Gasteiger charge is -2.08. The Bertz CT molecular complexity index is 747. The van der Waals surface area contributed by atoms with Gasteiger partial charge in [-0.05, 0) is 53.9 Å². The van der Waals surface area contributed by atoms with Crippen molar-refractivity contribution in [3.05, 3.63) is 34.3 Å². The molecule has 0 amide bonds. The molecule has 0 saturated carbocycles. The van der Waals surface area contributed by atoms with Gasteiger partial charge in [-0.15, -0.1) is 0 Å². The van der Waals surface area contributed by atoms with Crippen LogP contribution in [0.15, 0.2) is 23.1 Å². The molecule has 1 aromatic heterocycles. The van der Waals surface area contributed by atoms with E-state index < -0.39 is 10.1 Å². The second-order valence-electron chi connectivity index (χ2n) is 3.78. The number of nitrogens with zero attached hydrogens (tertiary/aromatic N) is 3. The molecule has 2 rings (SSSR count). The Balaban J connectivity index is 2.33. The lowest BCUT2D eigenvalue weighted by molar-refractivity contribution is 0.482. The van der Waals surface area contributed by atoms with E-state index in [-0.39, 0.29) is 21.4 Å². The predicted octanol–water partition coefficient (Wildman–Crippen LogP) is 2.48. The molecule has 0 spiro atoms. The van der Waals surface area contributed by atoms with Crippen LogP contribution in [0.4, 0.5) is 11.6 Å². The van der Waals surface area contributed by atoms with Crippen molar-refractivity contribution in [3.63, 3.8) is 0 Å². The zero-order valence-electron chi connectivity index (χ0n) is 10.0. The largest absolute Gasteiger partial charge is 0.324 e. The van der Waals surface area contributed by atoms with Crippen molar-refractivity contribution < 1.29 is 13.0 Å². The summed E-state index contributed by atoms with van der Waals surface area (Å²) in [5.41, 5.74) is 0.872. The van der Waals surface area contributed by atoms with Crippen molar-refractivity contribution in [2.75, 3.05) is 5.32 Å². The zero-order valence-corrected chi connectivity index (χ0v) is 12.3. The molecule has 0 bridgehead atoms. The highest BCUT2D eigenvalue weighted by molar-refractivity contribution is 7.85. The molecule has 0 aliphatic heterocycles. The third-order valence-corrected chi connectivity index (χ3v) is 3.64. The van der Waals surface area contributed by atoms with E-state index in [1.54, 1.807) is 6.92 Å². The monoisotopic (exact) mass is 334 g/mol. The quantitative estimate of drug-likeness (QED) is 0.830. The average Bonchev–Trinajstić information content (AvgIpc) is 2.25. The van der Waals surface area contributed by atoms with Crippen molar-refractivity contribution in [3.8, 4) is 0 Å². The van der Waals surface area contributed by atoms with E-state index in [0.29, 0.717) is 11.3 Å². The topological polar surface area (TPSA) is 105 Å². The summed E-state index contributed by atoms with van der Waals surface area (Å²) in [6.45, 7) is 1.54. The van der Waals surface area contributed by atoms with Gasteiger partial charge in [0.15, 0.2) is 0 Å². The fourth-order valence-electron chi connectivity index (χ4n) is 1.53. The second-order valence-corrected chi connectivity index (χ2v) is 5.84. The fourth-order valence-corrected chi connectivity index (χ4v) is 2.60. The van der Waals surface area contributed by atoms with Crippen LogP contribution in [-0.4, -0.2) is 27.9 Å². The fraction of sp³-hybridized carbons (Fsp3) is 0.100. The van der Waals surface area contributed by atoms with Crippen LogP contribution in [0.2, 0.25) is 10.6 Å². The van der Waals surface area contributed by atoms with Gasteiger partial charge in [0.1, 0.15) is 0 Å². The molecule has 2 aromatic rings. The summed E-state index contributed by atoms with van der Waals surface area (Å²) in [7, 11) is -4.25. The molecule has 7 nitrogen and oxygen atoms in total. The number of rotatable bonds is 3. The Morgan fingerprint density at radius 2 is 1.75 bits per heavy atom. The molecule has 1 heterocycles. The number of halogens is 2. The number of nitrogens with one attached hydrogen (secondary N) is 1. The van der Waals surface area contributed by atoms with Gasteiger partial charge in [-0.2, -0.15) is 23.4 Å². The molecule has 0 aliphatic rings. The number of aromatic nitrogens is 3. The first-order valence-electron chi connectivity index (χ1n) is 5.18. The summed E-state index contributed by atoms with van der Waals surface area (Å²) in [6.07, 6.45) is 0. The summed E-state index contributed by atoms with van der Waals surface area (Å²) >= 11 is 11.3. The average molecular weight is 335 g/mol. The van der Waals surface area contributed by atoms with Crippen molar-refractivity contribution in [1.29, 1.82) is 0 Å². The molecule has 0 atom stereocenters. The van der Waals surface area contributed by atoms with Crippen molar-refractivity contribution in [1.82, 2.24) is 15.0 Å². The minimum absolute atomic E-state index is 0.0706. The van der Waals surface area contributed by atoms with Crippen molar-refractivity contribution in [2.24, 2.45) is 0 Å². The highest BCUT2D eigenvalue weighted by Crippen LogP contribution is 2.22. The van der Waals surface area contributed by atoms with Crippen LogP contribution in [-0.2, 0) is 10.1 Å². The van der Waals surface area contributed by atoms with E-state index in [1.807, 2.05) is 0 Å². The maximum absolute atomic E-state index is 11.1. The first kappa shape index (κ1) is 14.9. The number of benzene rings is 1. The summed E-state index contributed by atoms with van der Waals surface area (Å²) in [5.74, 6) is 0.119. The number of anilines is 2. The van der Waals surface area contributed by atoms with Gasteiger partial charge in [0, 0.05) is 5.69 Å². The number of hydrogen-bond donors (Lipinski definition) is 2. The van der Waals surface area contributed by atoms with Crippen molar-refractivity contribution >= 4 is 45.0 Å². The summed E-state index contributed by atoms with van der Waals surface area (Å²) in [5, 5.41) is 2.66. The molecule has 10 heteroatoms. The van der Waals surface area contributed by atoms with E-state index in [0.717, 1.165) is 0 Å². The molecule has 2 N–H and O–H groups in total. The minimum atomic E-state index is -4.25. The van der Waals surface area contributed by atoms with E-state index in [2.05, 4.69) is 20.3 Å². The Kier molecular flexibility index (Phi) is 4.09. The standard InChI is InChI=1S/C10H8Cl2N4O3S/c1-5-4-6(2-3-7(5)20(17,18)19)13-10-15-8(11)14-9(12)16-10/h2-4H,1H3,(H,17,18,19)(H,13,14,15,16). The van der Waals surface area contributed by atoms with Gasteiger partial charge in [-0.1, -0.05) is 0 Å². The van der Waals surface area contributed by atoms with Gasteiger partial charge in [-0.25, -0.2) is 0 Å². The molecule has 0 saturated heterocycles. The van der Waals surface area contributed by atoms with Gasteiger partial charge in [0.05, 0.1) is 4.90 Å². The third-order valence-electron chi connectivity index (χ3n) is 2.29. The van der Waals surface area contributed by atoms with Crippen LogP contribution in [0.5, 0.6) is 0 Å². The van der Waals surface area contributed by atoms with E-state index in [9.17, 15) is 8.42 Å². The van der Waals surface area contributed by atoms with E-state index in [4.69, 9.17) is 27.8 Å². The van der Waals surface area contributed by atoms with Gasteiger partial charge < -0.3 is 5.32 Å². The first-order chi connectivity index (χ1) is 9.25. The van der Waals surface area contributed by atoms with Gasteiger partial charge in [-0.3, -0.25) is 4.55 Å². The maximum atomic E-state index is 11.1. The Morgan fingerprint density at radius 3 is 2.25 bits per heavy atom. The molecule has 106 valence electrons. The molecule has 20 heavy (non-hydrogen) atoms. The summed E-state index contributed by atoms with van der Waals surface area (Å²) in [6, 6.07) is 4.22. The smallest absolute Gasteiger partial charge is 0.294 e. The van der Waals surface area contributed by atoms with Gasteiger partial charge in [0.2, 0.25) is 16.5 Å². The van der Waals surface area contributed by atoms with Crippen LogP contribution in [0, 0.1) is 6.92 Å². The first-order valence-corrected chi connectivity index (χ1v) is 7.37. The molecule has 0 unspecified atom stereocenters. The molecule has 1 aromatic carbocycles. The molecule has 0 aliphatic carbocycles. The summed E-state index contributed by atoms with van der Waals surface area (Å²) in [4.78, 5) is 11.0. The van der Waals surface area contributed by atoms with Crippen LogP contribution in [0.3, 0.4) is 0 Å². The Hall–Kier alpha value is -1.48. The molecule has 0 radical (unpaired) electrons. The van der Waals surface area contributed by atoms with E-state index >= 15 is 0 Å². The zero-order chi connectivity index (χ0) is 14.9. The summed E-state index contributed by atoms with van der Waals surface area (Å²) < 4.78 is 31.2. The van der Waals surface area contributed by atoms with Crippen molar-refractivity contribution in [2.45, 2.75) is 11.8 Å². The lowest BCUT2D eigenvalue weighted by atomic mass is 10.2. The molecule has 0 fully saturated rings. The molecular formula is C10H8Cl2N4O3S. The van der Waals surface area contributed by atoms with Crippen LogP contribution < -0.4 is 5.32 Å². The third kappa shape index (κ3) is 3.54. The van der Waals surface area contributed by atoms with Gasteiger partial charge >= 0.3 is 0 Å². The molecular weight excluding hydrogens is 327 g/mol. The highest BCUT2D eigenvalue weighted by atomic mass is 35.5.